The maximum atomic E-state index is 6.07. The van der Waals surface area contributed by atoms with Crippen molar-refractivity contribution in [3.63, 3.8) is 0 Å². The normalized spacial score (nSPS) is 13.9. The van der Waals surface area contributed by atoms with Crippen LogP contribution in [0.3, 0.4) is 0 Å². The van der Waals surface area contributed by atoms with Crippen molar-refractivity contribution < 1.29 is 4.74 Å². The van der Waals surface area contributed by atoms with Gasteiger partial charge < -0.3 is 10.5 Å². The summed E-state index contributed by atoms with van der Waals surface area (Å²) in [4.78, 5) is 0. The van der Waals surface area contributed by atoms with Crippen LogP contribution in [0.2, 0.25) is 0 Å². The average molecular weight is 255 g/mol. The van der Waals surface area contributed by atoms with Gasteiger partial charge in [-0.1, -0.05) is 47.5 Å². The molecule has 0 saturated heterocycles. The molecule has 2 aromatic rings. The van der Waals surface area contributed by atoms with E-state index in [1.54, 1.807) is 0 Å². The van der Waals surface area contributed by atoms with E-state index in [1.165, 1.54) is 11.1 Å². The van der Waals surface area contributed by atoms with Gasteiger partial charge in [0, 0.05) is 6.04 Å². The Hall–Kier alpha value is -1.80. The van der Waals surface area contributed by atoms with E-state index in [4.69, 9.17) is 10.5 Å². The Morgan fingerprint density at radius 3 is 2.21 bits per heavy atom. The number of hydrogen-bond donors (Lipinski definition) is 1. The highest BCUT2D eigenvalue weighted by atomic mass is 16.5. The molecule has 2 aromatic carbocycles. The Bertz CT molecular complexity index is 531. The summed E-state index contributed by atoms with van der Waals surface area (Å²) in [6, 6.07) is 16.3. The molecule has 2 unspecified atom stereocenters. The summed E-state index contributed by atoms with van der Waals surface area (Å²) < 4.78 is 6.05. The van der Waals surface area contributed by atoms with Crippen LogP contribution in [0.5, 0.6) is 5.75 Å². The SMILES string of the molecule is Cc1ccc(OC(c2cccc(C)c2)C(C)N)cc1. The van der Waals surface area contributed by atoms with Crippen LogP contribution in [-0.4, -0.2) is 6.04 Å². The molecular weight excluding hydrogens is 234 g/mol. The fourth-order valence-corrected chi connectivity index (χ4v) is 2.09. The maximum absolute atomic E-state index is 6.07. The third-order valence-electron chi connectivity index (χ3n) is 3.13. The topological polar surface area (TPSA) is 35.2 Å². The van der Waals surface area contributed by atoms with Gasteiger partial charge in [-0.2, -0.15) is 0 Å². The van der Waals surface area contributed by atoms with Gasteiger partial charge in [-0.15, -0.1) is 0 Å². The summed E-state index contributed by atoms with van der Waals surface area (Å²) in [6.07, 6.45) is -0.123. The molecule has 2 heteroatoms. The van der Waals surface area contributed by atoms with Gasteiger partial charge in [-0.25, -0.2) is 0 Å². The largest absolute Gasteiger partial charge is 0.484 e. The van der Waals surface area contributed by atoms with Crippen LogP contribution in [0, 0.1) is 13.8 Å². The quantitative estimate of drug-likeness (QED) is 0.902. The summed E-state index contributed by atoms with van der Waals surface area (Å²) in [5, 5.41) is 0. The van der Waals surface area contributed by atoms with Crippen molar-refractivity contribution in [2.45, 2.75) is 32.9 Å². The molecule has 0 aliphatic carbocycles. The van der Waals surface area contributed by atoms with Crippen LogP contribution >= 0.6 is 0 Å². The lowest BCUT2D eigenvalue weighted by Gasteiger charge is -2.23. The van der Waals surface area contributed by atoms with Crippen molar-refractivity contribution in [2.75, 3.05) is 0 Å². The smallest absolute Gasteiger partial charge is 0.138 e. The Labute approximate surface area is 115 Å². The number of nitrogens with two attached hydrogens (primary N) is 1. The van der Waals surface area contributed by atoms with Crippen LogP contribution in [-0.2, 0) is 0 Å². The molecule has 0 amide bonds. The molecule has 0 radical (unpaired) electrons. The Balaban J connectivity index is 2.23. The predicted octanol–water partition coefficient (Wildman–Crippen LogP) is 3.77. The van der Waals surface area contributed by atoms with Gasteiger partial charge in [-0.3, -0.25) is 0 Å². The average Bonchev–Trinajstić information content (AvgIpc) is 2.37. The molecule has 0 aliphatic heterocycles. The van der Waals surface area contributed by atoms with E-state index in [9.17, 15) is 0 Å². The molecule has 2 rings (SSSR count). The molecule has 0 spiro atoms. The fraction of sp³-hybridized carbons (Fsp3) is 0.294. The first-order valence-corrected chi connectivity index (χ1v) is 6.62. The first-order valence-electron chi connectivity index (χ1n) is 6.62. The van der Waals surface area contributed by atoms with E-state index < -0.39 is 0 Å². The molecule has 0 aromatic heterocycles. The molecule has 0 fully saturated rings. The molecular formula is C17H21NO. The lowest BCUT2D eigenvalue weighted by molar-refractivity contribution is 0.180. The van der Waals surface area contributed by atoms with Crippen LogP contribution in [0.4, 0.5) is 0 Å². The molecule has 0 saturated carbocycles. The maximum Gasteiger partial charge on any atom is 0.138 e. The lowest BCUT2D eigenvalue weighted by atomic mass is 10.0. The van der Waals surface area contributed by atoms with Crippen LogP contribution in [0.1, 0.15) is 29.7 Å². The molecule has 100 valence electrons. The molecule has 0 heterocycles. The molecule has 0 aliphatic rings. The van der Waals surface area contributed by atoms with E-state index in [0.29, 0.717) is 0 Å². The van der Waals surface area contributed by atoms with Crippen molar-refractivity contribution in [1.82, 2.24) is 0 Å². The zero-order valence-corrected chi connectivity index (χ0v) is 11.8. The van der Waals surface area contributed by atoms with E-state index in [2.05, 4.69) is 32.0 Å². The minimum Gasteiger partial charge on any atom is -0.484 e. The van der Waals surface area contributed by atoms with E-state index in [-0.39, 0.29) is 12.1 Å². The minimum absolute atomic E-state index is 0.0666. The van der Waals surface area contributed by atoms with Gasteiger partial charge in [0.1, 0.15) is 11.9 Å². The monoisotopic (exact) mass is 255 g/mol. The molecule has 2 N–H and O–H groups in total. The second-order valence-corrected chi connectivity index (χ2v) is 5.12. The standard InChI is InChI=1S/C17H21NO/c1-12-7-9-16(10-8-12)19-17(14(3)18)15-6-4-5-13(2)11-15/h4-11,14,17H,18H2,1-3H3. The Morgan fingerprint density at radius 1 is 0.947 bits per heavy atom. The predicted molar refractivity (Wildman–Crippen MR) is 79.4 cm³/mol. The van der Waals surface area contributed by atoms with Crippen LogP contribution in [0.25, 0.3) is 0 Å². The molecule has 2 atom stereocenters. The third-order valence-corrected chi connectivity index (χ3v) is 3.13. The van der Waals surface area contributed by atoms with Crippen molar-refractivity contribution in [3.05, 3.63) is 65.2 Å². The third kappa shape index (κ3) is 3.58. The van der Waals surface area contributed by atoms with Crippen LogP contribution < -0.4 is 10.5 Å². The first-order chi connectivity index (χ1) is 9.06. The second kappa shape index (κ2) is 5.89. The van der Waals surface area contributed by atoms with Gasteiger partial charge >= 0.3 is 0 Å². The van der Waals surface area contributed by atoms with Gasteiger partial charge in [0.05, 0.1) is 0 Å². The van der Waals surface area contributed by atoms with Gasteiger partial charge in [-0.05, 0) is 38.5 Å². The second-order valence-electron chi connectivity index (χ2n) is 5.12. The summed E-state index contributed by atoms with van der Waals surface area (Å²) in [6.45, 7) is 6.11. The van der Waals surface area contributed by atoms with Crippen LogP contribution in [0.15, 0.2) is 48.5 Å². The van der Waals surface area contributed by atoms with E-state index in [0.717, 1.165) is 11.3 Å². The van der Waals surface area contributed by atoms with Gasteiger partial charge in [0.15, 0.2) is 0 Å². The number of hydrogen-bond acceptors (Lipinski definition) is 2. The number of aryl methyl sites for hydroxylation is 2. The molecule has 0 bridgehead atoms. The van der Waals surface area contributed by atoms with Gasteiger partial charge in [0.2, 0.25) is 0 Å². The summed E-state index contributed by atoms with van der Waals surface area (Å²) in [5.74, 6) is 0.856. The Kier molecular flexibility index (Phi) is 4.23. The van der Waals surface area contributed by atoms with Crippen molar-refractivity contribution in [2.24, 2.45) is 5.73 Å². The van der Waals surface area contributed by atoms with Crippen molar-refractivity contribution >= 4 is 0 Å². The number of benzene rings is 2. The number of rotatable bonds is 4. The van der Waals surface area contributed by atoms with E-state index in [1.807, 2.05) is 37.3 Å². The zero-order valence-electron chi connectivity index (χ0n) is 11.8. The summed E-state index contributed by atoms with van der Waals surface area (Å²) >= 11 is 0. The fourth-order valence-electron chi connectivity index (χ4n) is 2.09. The van der Waals surface area contributed by atoms with Crippen molar-refractivity contribution in [1.29, 1.82) is 0 Å². The highest BCUT2D eigenvalue weighted by Gasteiger charge is 2.18. The highest BCUT2D eigenvalue weighted by Crippen LogP contribution is 2.25. The molecule has 19 heavy (non-hydrogen) atoms. The number of ether oxygens (including phenoxy) is 1. The lowest BCUT2D eigenvalue weighted by Crippen LogP contribution is -2.29. The van der Waals surface area contributed by atoms with E-state index >= 15 is 0 Å². The summed E-state index contributed by atoms with van der Waals surface area (Å²) in [5.41, 5.74) is 9.63. The van der Waals surface area contributed by atoms with Gasteiger partial charge in [0.25, 0.3) is 0 Å². The highest BCUT2D eigenvalue weighted by molar-refractivity contribution is 5.30. The first kappa shape index (κ1) is 13.6. The minimum atomic E-state index is -0.123. The molecule has 2 nitrogen and oxygen atoms in total. The Morgan fingerprint density at radius 2 is 1.63 bits per heavy atom. The zero-order chi connectivity index (χ0) is 13.8. The summed E-state index contributed by atoms with van der Waals surface area (Å²) in [7, 11) is 0. The van der Waals surface area contributed by atoms with Crippen molar-refractivity contribution in [3.8, 4) is 5.75 Å².